The maximum atomic E-state index is 5.90. The number of nitrogens with one attached hydrogen (secondary N) is 1. The summed E-state index contributed by atoms with van der Waals surface area (Å²) < 4.78 is 5.20. The molecule has 0 aromatic carbocycles. The Morgan fingerprint density at radius 1 is 1.43 bits per heavy atom. The van der Waals surface area contributed by atoms with Crippen molar-refractivity contribution in [3.05, 3.63) is 24.2 Å². The Labute approximate surface area is 84.6 Å². The molecule has 1 rings (SSSR count). The lowest BCUT2D eigenvalue weighted by molar-refractivity contribution is 0.444. The van der Waals surface area contributed by atoms with Gasteiger partial charge in [-0.15, -0.1) is 0 Å². The Morgan fingerprint density at radius 3 is 2.93 bits per heavy atom. The third-order valence-corrected chi connectivity index (χ3v) is 2.10. The molecule has 0 spiro atoms. The van der Waals surface area contributed by atoms with Crippen LogP contribution in [-0.2, 0) is 0 Å². The SMILES string of the molecule is NCCCNCCC(N)c1ccco1. The molecule has 14 heavy (non-hydrogen) atoms. The molecule has 0 radical (unpaired) electrons. The van der Waals surface area contributed by atoms with Crippen molar-refractivity contribution in [3.63, 3.8) is 0 Å². The average Bonchev–Trinajstić information content (AvgIpc) is 2.70. The van der Waals surface area contributed by atoms with Crippen LogP contribution in [0.25, 0.3) is 0 Å². The van der Waals surface area contributed by atoms with Crippen molar-refractivity contribution in [2.75, 3.05) is 19.6 Å². The molecule has 5 N–H and O–H groups in total. The summed E-state index contributed by atoms with van der Waals surface area (Å²) in [7, 11) is 0. The molecule has 1 aromatic rings. The van der Waals surface area contributed by atoms with E-state index in [-0.39, 0.29) is 6.04 Å². The molecule has 1 atom stereocenters. The molecule has 0 saturated heterocycles. The summed E-state index contributed by atoms with van der Waals surface area (Å²) in [5.41, 5.74) is 11.3. The molecular formula is C10H19N3O. The van der Waals surface area contributed by atoms with Gasteiger partial charge < -0.3 is 21.2 Å². The smallest absolute Gasteiger partial charge is 0.120 e. The summed E-state index contributed by atoms with van der Waals surface area (Å²) in [6.45, 7) is 2.60. The molecular weight excluding hydrogens is 178 g/mol. The Morgan fingerprint density at radius 2 is 2.29 bits per heavy atom. The Bertz CT molecular complexity index is 223. The fraction of sp³-hybridized carbons (Fsp3) is 0.600. The number of hydrogen-bond donors (Lipinski definition) is 3. The van der Waals surface area contributed by atoms with Gasteiger partial charge in [0, 0.05) is 0 Å². The van der Waals surface area contributed by atoms with Crippen LogP contribution in [-0.4, -0.2) is 19.6 Å². The maximum Gasteiger partial charge on any atom is 0.120 e. The van der Waals surface area contributed by atoms with E-state index in [9.17, 15) is 0 Å². The van der Waals surface area contributed by atoms with E-state index in [1.165, 1.54) is 0 Å². The van der Waals surface area contributed by atoms with Crippen molar-refractivity contribution in [1.29, 1.82) is 0 Å². The lowest BCUT2D eigenvalue weighted by Gasteiger charge is -2.09. The van der Waals surface area contributed by atoms with Gasteiger partial charge in [-0.2, -0.15) is 0 Å². The maximum absolute atomic E-state index is 5.90. The molecule has 0 bridgehead atoms. The van der Waals surface area contributed by atoms with Crippen molar-refractivity contribution in [1.82, 2.24) is 5.32 Å². The van der Waals surface area contributed by atoms with Gasteiger partial charge in [-0.3, -0.25) is 0 Å². The van der Waals surface area contributed by atoms with Crippen molar-refractivity contribution in [2.24, 2.45) is 11.5 Å². The van der Waals surface area contributed by atoms with Crippen LogP contribution in [0.3, 0.4) is 0 Å². The summed E-state index contributed by atoms with van der Waals surface area (Å²) in [6, 6.07) is 3.76. The average molecular weight is 197 g/mol. The van der Waals surface area contributed by atoms with Gasteiger partial charge in [0.15, 0.2) is 0 Å². The van der Waals surface area contributed by atoms with Gasteiger partial charge in [0.05, 0.1) is 12.3 Å². The van der Waals surface area contributed by atoms with Crippen molar-refractivity contribution < 1.29 is 4.42 Å². The van der Waals surface area contributed by atoms with Gasteiger partial charge in [-0.1, -0.05) is 0 Å². The van der Waals surface area contributed by atoms with Gasteiger partial charge in [0.2, 0.25) is 0 Å². The van der Waals surface area contributed by atoms with Crippen LogP contribution in [0.4, 0.5) is 0 Å². The van der Waals surface area contributed by atoms with E-state index in [1.54, 1.807) is 6.26 Å². The molecule has 0 aliphatic heterocycles. The Kier molecular flexibility index (Phi) is 5.29. The zero-order valence-corrected chi connectivity index (χ0v) is 8.41. The third kappa shape index (κ3) is 3.91. The van der Waals surface area contributed by atoms with Crippen molar-refractivity contribution >= 4 is 0 Å². The second kappa shape index (κ2) is 6.59. The zero-order chi connectivity index (χ0) is 10.2. The summed E-state index contributed by atoms with van der Waals surface area (Å²) in [5, 5.41) is 3.28. The van der Waals surface area contributed by atoms with E-state index >= 15 is 0 Å². The molecule has 1 aromatic heterocycles. The standard InChI is InChI=1S/C10H19N3O/c11-5-2-6-13-7-4-9(12)10-3-1-8-14-10/h1,3,8-9,13H,2,4-7,11-12H2. The van der Waals surface area contributed by atoms with Gasteiger partial charge in [0.1, 0.15) is 5.76 Å². The highest BCUT2D eigenvalue weighted by Crippen LogP contribution is 2.12. The van der Waals surface area contributed by atoms with Crippen LogP contribution in [0, 0.1) is 0 Å². The highest BCUT2D eigenvalue weighted by molar-refractivity contribution is 5.03. The first kappa shape index (κ1) is 11.2. The topological polar surface area (TPSA) is 77.2 Å². The third-order valence-electron chi connectivity index (χ3n) is 2.10. The molecule has 0 amide bonds. The van der Waals surface area contributed by atoms with Gasteiger partial charge in [-0.05, 0) is 44.6 Å². The molecule has 4 nitrogen and oxygen atoms in total. The predicted octanol–water partition coefficient (Wildman–Crippen LogP) is 0.608. The van der Waals surface area contributed by atoms with Crippen LogP contribution in [0.2, 0.25) is 0 Å². The van der Waals surface area contributed by atoms with Crippen molar-refractivity contribution in [2.45, 2.75) is 18.9 Å². The Balaban J connectivity index is 2.07. The van der Waals surface area contributed by atoms with E-state index in [0.29, 0.717) is 0 Å². The monoisotopic (exact) mass is 197 g/mol. The molecule has 0 fully saturated rings. The number of hydrogen-bond acceptors (Lipinski definition) is 4. The van der Waals surface area contributed by atoms with Gasteiger partial charge >= 0.3 is 0 Å². The molecule has 4 heteroatoms. The van der Waals surface area contributed by atoms with Crippen LogP contribution in [0.1, 0.15) is 24.6 Å². The highest BCUT2D eigenvalue weighted by atomic mass is 16.3. The predicted molar refractivity (Wildman–Crippen MR) is 56.8 cm³/mol. The molecule has 1 unspecified atom stereocenters. The largest absolute Gasteiger partial charge is 0.468 e. The quantitative estimate of drug-likeness (QED) is 0.560. The fourth-order valence-electron chi connectivity index (χ4n) is 1.25. The van der Waals surface area contributed by atoms with E-state index in [0.717, 1.165) is 38.2 Å². The first-order valence-electron chi connectivity index (χ1n) is 5.04. The molecule has 0 saturated carbocycles. The first-order valence-corrected chi connectivity index (χ1v) is 5.04. The lowest BCUT2D eigenvalue weighted by Crippen LogP contribution is -2.23. The Hall–Kier alpha value is -0.840. The van der Waals surface area contributed by atoms with Crippen LogP contribution >= 0.6 is 0 Å². The molecule has 0 aliphatic rings. The van der Waals surface area contributed by atoms with Crippen molar-refractivity contribution in [3.8, 4) is 0 Å². The molecule has 1 heterocycles. The van der Waals surface area contributed by atoms with Crippen LogP contribution in [0.5, 0.6) is 0 Å². The van der Waals surface area contributed by atoms with Crippen LogP contribution < -0.4 is 16.8 Å². The summed E-state index contributed by atoms with van der Waals surface area (Å²) >= 11 is 0. The van der Waals surface area contributed by atoms with E-state index in [1.807, 2.05) is 12.1 Å². The number of rotatable bonds is 7. The lowest BCUT2D eigenvalue weighted by atomic mass is 10.2. The zero-order valence-electron chi connectivity index (χ0n) is 8.41. The highest BCUT2D eigenvalue weighted by Gasteiger charge is 2.07. The second-order valence-electron chi connectivity index (χ2n) is 3.30. The van der Waals surface area contributed by atoms with Crippen LogP contribution in [0.15, 0.2) is 22.8 Å². The van der Waals surface area contributed by atoms with Gasteiger partial charge in [-0.25, -0.2) is 0 Å². The minimum atomic E-state index is -0.00428. The molecule has 0 aliphatic carbocycles. The minimum Gasteiger partial charge on any atom is -0.468 e. The second-order valence-corrected chi connectivity index (χ2v) is 3.30. The number of furan rings is 1. The molecule has 80 valence electrons. The summed E-state index contributed by atoms with van der Waals surface area (Å²) in [6.07, 6.45) is 3.55. The first-order chi connectivity index (χ1) is 6.84. The fourth-order valence-corrected chi connectivity index (χ4v) is 1.25. The van der Waals surface area contributed by atoms with E-state index in [2.05, 4.69) is 5.32 Å². The number of nitrogens with two attached hydrogens (primary N) is 2. The normalized spacial score (nSPS) is 13.0. The summed E-state index contributed by atoms with van der Waals surface area (Å²) in [4.78, 5) is 0. The minimum absolute atomic E-state index is 0.00428. The van der Waals surface area contributed by atoms with E-state index in [4.69, 9.17) is 15.9 Å². The van der Waals surface area contributed by atoms with Gasteiger partial charge in [0.25, 0.3) is 0 Å². The van der Waals surface area contributed by atoms with E-state index < -0.39 is 0 Å². The summed E-state index contributed by atoms with van der Waals surface area (Å²) in [5.74, 6) is 0.852.